The monoisotopic (exact) mass is 428 g/mol. The molecular weight excluding hydrogens is 412 g/mol. The Morgan fingerprint density at radius 3 is 2.62 bits per heavy atom. The summed E-state index contributed by atoms with van der Waals surface area (Å²) in [6, 6.07) is 9.03. The number of anilines is 3. The number of nitrogens with one attached hydrogen (secondary N) is 2. The Hall–Kier alpha value is -3.37. The first-order valence-corrected chi connectivity index (χ1v) is 10.2. The van der Waals surface area contributed by atoms with E-state index in [4.69, 9.17) is 13.9 Å². The Labute approximate surface area is 174 Å². The lowest BCUT2D eigenvalue weighted by molar-refractivity contribution is 0.102. The van der Waals surface area contributed by atoms with Gasteiger partial charge in [0.1, 0.15) is 11.4 Å². The molecule has 1 aromatic carbocycles. The zero-order chi connectivity index (χ0) is 20.2. The lowest BCUT2D eigenvalue weighted by atomic mass is 10.3. The average Bonchev–Trinajstić information content (AvgIpc) is 3.49. The van der Waals surface area contributed by atoms with Crippen molar-refractivity contribution in [3.05, 3.63) is 53.0 Å². The predicted octanol–water partition coefficient (Wildman–Crippen LogP) is 4.87. The fourth-order valence-corrected chi connectivity index (χ4v) is 3.91. The van der Waals surface area contributed by atoms with Crippen LogP contribution in [-0.2, 0) is 0 Å². The molecule has 0 bridgehead atoms. The summed E-state index contributed by atoms with van der Waals surface area (Å²) in [6.07, 6.45) is 1.58. The van der Waals surface area contributed by atoms with Gasteiger partial charge in [-0.25, -0.2) is 9.97 Å². The van der Waals surface area contributed by atoms with Crippen molar-refractivity contribution >= 4 is 44.5 Å². The maximum atomic E-state index is 12.5. The molecule has 0 unspecified atom stereocenters. The van der Waals surface area contributed by atoms with Gasteiger partial charge in [-0.1, -0.05) is 0 Å². The Bertz CT molecular complexity index is 1120. The third kappa shape index (κ3) is 4.23. The zero-order valence-corrected chi connectivity index (χ0v) is 17.1. The van der Waals surface area contributed by atoms with Gasteiger partial charge in [0.15, 0.2) is 27.5 Å². The van der Waals surface area contributed by atoms with Gasteiger partial charge >= 0.3 is 0 Å². The van der Waals surface area contributed by atoms with Gasteiger partial charge in [-0.3, -0.25) is 10.1 Å². The minimum absolute atomic E-state index is 0.299. The first-order chi connectivity index (χ1) is 14.2. The summed E-state index contributed by atoms with van der Waals surface area (Å²) in [7, 11) is 3.15. The van der Waals surface area contributed by atoms with Gasteiger partial charge in [0.2, 0.25) is 0 Å². The highest BCUT2D eigenvalue weighted by Crippen LogP contribution is 2.32. The molecule has 0 aliphatic heterocycles. The SMILES string of the molecule is COc1ccc(Nc2nc(C(=O)Nc3nc(-c4ccco4)cs3)cs2)cc1OC. The van der Waals surface area contributed by atoms with Gasteiger partial charge in [-0.15, -0.1) is 22.7 Å². The number of nitrogens with zero attached hydrogens (tertiary/aromatic N) is 2. The minimum Gasteiger partial charge on any atom is -0.493 e. The normalized spacial score (nSPS) is 10.6. The number of rotatable bonds is 7. The molecule has 0 aliphatic carbocycles. The molecule has 3 aromatic heterocycles. The van der Waals surface area contributed by atoms with Crippen molar-refractivity contribution in [2.75, 3.05) is 24.9 Å². The van der Waals surface area contributed by atoms with E-state index in [0.29, 0.717) is 38.9 Å². The fourth-order valence-electron chi connectivity index (χ4n) is 2.50. The van der Waals surface area contributed by atoms with Crippen LogP contribution in [0.25, 0.3) is 11.5 Å². The van der Waals surface area contributed by atoms with Crippen molar-refractivity contribution < 1.29 is 18.7 Å². The molecular formula is C19H16N4O4S2. The standard InChI is InChI=1S/C19H16N4O4S2/c1-25-15-6-5-11(8-16(15)26-2)20-18-22-13(10-29-18)17(24)23-19-21-12(9-28-19)14-4-3-7-27-14/h3-10H,1-2H3,(H,20,22)(H,21,23,24). The second-order valence-electron chi connectivity index (χ2n) is 5.70. The molecule has 148 valence electrons. The van der Waals surface area contributed by atoms with Crippen LogP contribution in [0.15, 0.2) is 51.8 Å². The average molecular weight is 428 g/mol. The van der Waals surface area contributed by atoms with Crippen molar-refractivity contribution in [1.82, 2.24) is 9.97 Å². The van der Waals surface area contributed by atoms with Crippen LogP contribution in [0.1, 0.15) is 10.5 Å². The molecule has 1 amide bonds. The van der Waals surface area contributed by atoms with Crippen molar-refractivity contribution in [3.8, 4) is 23.0 Å². The van der Waals surface area contributed by atoms with Gasteiger partial charge in [0.25, 0.3) is 5.91 Å². The van der Waals surface area contributed by atoms with E-state index in [1.54, 1.807) is 44.1 Å². The summed E-state index contributed by atoms with van der Waals surface area (Å²) in [5, 5.41) is 10.5. The van der Waals surface area contributed by atoms with Crippen molar-refractivity contribution in [3.63, 3.8) is 0 Å². The highest BCUT2D eigenvalue weighted by Gasteiger charge is 2.15. The molecule has 0 aliphatic rings. The second kappa shape index (κ2) is 8.33. The fraction of sp³-hybridized carbons (Fsp3) is 0.105. The highest BCUT2D eigenvalue weighted by molar-refractivity contribution is 7.14. The molecule has 29 heavy (non-hydrogen) atoms. The molecule has 0 saturated carbocycles. The number of amides is 1. The van der Waals surface area contributed by atoms with E-state index in [2.05, 4.69) is 20.6 Å². The van der Waals surface area contributed by atoms with E-state index >= 15 is 0 Å². The van der Waals surface area contributed by atoms with E-state index in [9.17, 15) is 4.79 Å². The molecule has 0 fully saturated rings. The second-order valence-corrected chi connectivity index (χ2v) is 7.42. The highest BCUT2D eigenvalue weighted by atomic mass is 32.1. The minimum atomic E-state index is -0.332. The molecule has 4 rings (SSSR count). The van der Waals surface area contributed by atoms with E-state index in [-0.39, 0.29) is 5.91 Å². The van der Waals surface area contributed by atoms with Crippen molar-refractivity contribution in [1.29, 1.82) is 0 Å². The van der Waals surface area contributed by atoms with Crippen molar-refractivity contribution in [2.45, 2.75) is 0 Å². The summed E-state index contributed by atoms with van der Waals surface area (Å²) in [6.45, 7) is 0. The Morgan fingerprint density at radius 1 is 1.03 bits per heavy atom. The first-order valence-electron chi connectivity index (χ1n) is 8.41. The van der Waals surface area contributed by atoms with Gasteiger partial charge < -0.3 is 19.2 Å². The summed E-state index contributed by atoms with van der Waals surface area (Å²) in [5.41, 5.74) is 1.74. The molecule has 2 N–H and O–H groups in total. The first kappa shape index (κ1) is 19.0. The molecule has 0 saturated heterocycles. The number of aromatic nitrogens is 2. The summed E-state index contributed by atoms with van der Waals surface area (Å²) in [4.78, 5) is 21.2. The molecule has 10 heteroatoms. The van der Waals surface area contributed by atoms with E-state index in [1.165, 1.54) is 22.7 Å². The third-order valence-electron chi connectivity index (χ3n) is 3.87. The number of hydrogen-bond acceptors (Lipinski definition) is 9. The van der Waals surface area contributed by atoms with E-state index < -0.39 is 0 Å². The number of hydrogen-bond donors (Lipinski definition) is 2. The van der Waals surface area contributed by atoms with Crippen LogP contribution in [0.4, 0.5) is 16.0 Å². The van der Waals surface area contributed by atoms with Crippen LogP contribution >= 0.6 is 22.7 Å². The van der Waals surface area contributed by atoms with Crippen LogP contribution in [0, 0.1) is 0 Å². The topological polar surface area (TPSA) is 98.5 Å². The zero-order valence-electron chi connectivity index (χ0n) is 15.5. The lowest BCUT2D eigenvalue weighted by Gasteiger charge is -2.09. The van der Waals surface area contributed by atoms with Gasteiger partial charge in [0, 0.05) is 22.5 Å². The maximum Gasteiger partial charge on any atom is 0.276 e. The third-order valence-corrected chi connectivity index (χ3v) is 5.39. The molecule has 0 spiro atoms. The maximum absolute atomic E-state index is 12.5. The molecule has 4 aromatic rings. The number of methoxy groups -OCH3 is 2. The number of benzene rings is 1. The number of ether oxygens (including phenoxy) is 2. The Balaban J connectivity index is 1.43. The van der Waals surface area contributed by atoms with Crippen LogP contribution in [0.3, 0.4) is 0 Å². The van der Waals surface area contributed by atoms with Gasteiger partial charge in [0.05, 0.1) is 20.5 Å². The molecule has 0 atom stereocenters. The molecule has 8 nitrogen and oxygen atoms in total. The lowest BCUT2D eigenvalue weighted by Crippen LogP contribution is -2.12. The number of carbonyl (C=O) groups excluding carboxylic acids is 1. The number of furan rings is 1. The molecule has 0 radical (unpaired) electrons. The summed E-state index contributed by atoms with van der Waals surface area (Å²) in [5.74, 6) is 1.55. The Morgan fingerprint density at radius 2 is 1.86 bits per heavy atom. The van der Waals surface area contributed by atoms with Gasteiger partial charge in [-0.2, -0.15) is 0 Å². The van der Waals surface area contributed by atoms with Crippen LogP contribution in [-0.4, -0.2) is 30.1 Å². The van der Waals surface area contributed by atoms with Crippen molar-refractivity contribution in [2.24, 2.45) is 0 Å². The van der Waals surface area contributed by atoms with E-state index in [1.807, 2.05) is 17.5 Å². The number of carbonyl (C=O) groups is 1. The van der Waals surface area contributed by atoms with Gasteiger partial charge in [-0.05, 0) is 24.3 Å². The van der Waals surface area contributed by atoms with E-state index in [0.717, 1.165) is 5.69 Å². The predicted molar refractivity (Wildman–Crippen MR) is 113 cm³/mol. The van der Waals surface area contributed by atoms with Crippen LogP contribution in [0.5, 0.6) is 11.5 Å². The largest absolute Gasteiger partial charge is 0.493 e. The summed E-state index contributed by atoms with van der Waals surface area (Å²) >= 11 is 2.64. The molecule has 3 heterocycles. The number of thiazole rings is 2. The van der Waals surface area contributed by atoms with Crippen LogP contribution < -0.4 is 20.1 Å². The summed E-state index contributed by atoms with van der Waals surface area (Å²) < 4.78 is 15.8. The quantitative estimate of drug-likeness (QED) is 0.433. The smallest absolute Gasteiger partial charge is 0.276 e. The Kier molecular flexibility index (Phi) is 5.45. The van der Waals surface area contributed by atoms with Crippen LogP contribution in [0.2, 0.25) is 0 Å².